The predicted octanol–water partition coefficient (Wildman–Crippen LogP) is 2.93. The maximum Gasteiger partial charge on any atom is 0.429 e. The average molecular weight is 214 g/mol. The van der Waals surface area contributed by atoms with E-state index in [1.165, 1.54) is 0 Å². The van der Waals surface area contributed by atoms with E-state index < -0.39 is 30.1 Å². The fourth-order valence-corrected chi connectivity index (χ4v) is 0.989. The zero-order valence-corrected chi connectivity index (χ0v) is 5.73. The highest BCUT2D eigenvalue weighted by atomic mass is 19.4. The smallest absolute Gasteiger partial charge is 0.226 e. The normalized spacial score (nSPS) is 36.9. The number of halogens is 8. The van der Waals surface area contributed by atoms with Crippen LogP contribution in [0.3, 0.4) is 0 Å². The lowest BCUT2D eigenvalue weighted by atomic mass is 9.73. The van der Waals surface area contributed by atoms with E-state index in [0.29, 0.717) is 0 Å². The second kappa shape index (κ2) is 2.09. The maximum atomic E-state index is 12.3. The van der Waals surface area contributed by atoms with Gasteiger partial charge in [0.2, 0.25) is 0 Å². The van der Waals surface area contributed by atoms with Gasteiger partial charge in [-0.05, 0) is 0 Å². The van der Waals surface area contributed by atoms with Crippen LogP contribution in [0.4, 0.5) is 35.1 Å². The predicted molar refractivity (Wildman–Crippen MR) is 24.4 cm³/mol. The van der Waals surface area contributed by atoms with E-state index in [0.717, 1.165) is 0 Å². The van der Waals surface area contributed by atoms with E-state index in [9.17, 15) is 35.1 Å². The van der Waals surface area contributed by atoms with Crippen molar-refractivity contribution < 1.29 is 35.1 Å². The molecular formula is C5H2F8. The molecule has 0 amide bonds. The minimum Gasteiger partial charge on any atom is -0.226 e. The molecule has 0 bridgehead atoms. The molecule has 0 aromatic heterocycles. The van der Waals surface area contributed by atoms with Crippen LogP contribution in [0.1, 0.15) is 6.42 Å². The van der Waals surface area contributed by atoms with Gasteiger partial charge in [0.1, 0.15) is 0 Å². The van der Waals surface area contributed by atoms with Crippen molar-refractivity contribution in [1.29, 1.82) is 0 Å². The molecule has 0 saturated heterocycles. The molecule has 13 heavy (non-hydrogen) atoms. The Balaban J connectivity index is 3.02. The molecular weight excluding hydrogens is 212 g/mol. The van der Waals surface area contributed by atoms with Crippen molar-refractivity contribution in [2.75, 3.05) is 0 Å². The van der Waals surface area contributed by atoms with E-state index in [-0.39, 0.29) is 0 Å². The second-order valence-electron chi connectivity index (χ2n) is 2.75. The summed E-state index contributed by atoms with van der Waals surface area (Å²) in [6, 6.07) is 0. The van der Waals surface area contributed by atoms with Gasteiger partial charge in [0.05, 0.1) is 6.42 Å². The van der Waals surface area contributed by atoms with Crippen LogP contribution in [-0.4, -0.2) is 23.7 Å². The molecule has 8 heteroatoms. The number of hydrogen-bond donors (Lipinski definition) is 0. The molecule has 1 rings (SSSR count). The van der Waals surface area contributed by atoms with Crippen LogP contribution in [0, 0.1) is 0 Å². The summed E-state index contributed by atoms with van der Waals surface area (Å²) in [4.78, 5) is 0. The largest absolute Gasteiger partial charge is 0.429 e. The minimum atomic E-state index is -5.97. The van der Waals surface area contributed by atoms with Crippen LogP contribution in [0.2, 0.25) is 0 Å². The summed E-state index contributed by atoms with van der Waals surface area (Å²) < 4.78 is 94.7. The third kappa shape index (κ3) is 0.969. The third-order valence-electron chi connectivity index (χ3n) is 1.87. The molecule has 1 unspecified atom stereocenters. The molecule has 0 spiro atoms. The zero-order valence-electron chi connectivity index (χ0n) is 5.73. The van der Waals surface area contributed by atoms with E-state index in [1.807, 2.05) is 0 Å². The Labute approximate surface area is 66.5 Å². The lowest BCUT2D eigenvalue weighted by molar-refractivity contribution is -0.425. The molecule has 1 aliphatic carbocycles. The zero-order chi connectivity index (χ0) is 10.7. The summed E-state index contributed by atoms with van der Waals surface area (Å²) in [5.41, 5.74) is -5.09. The SMILES string of the molecule is FC(F)(F)C1(F)CC(F)(F)C1(F)F. The number of rotatable bonds is 0. The van der Waals surface area contributed by atoms with Gasteiger partial charge < -0.3 is 0 Å². The second-order valence-corrected chi connectivity index (χ2v) is 2.75. The topological polar surface area (TPSA) is 0 Å². The molecule has 1 aliphatic rings. The molecule has 0 heterocycles. The average Bonchev–Trinajstić information content (AvgIpc) is 1.83. The molecule has 0 aromatic carbocycles. The highest BCUT2D eigenvalue weighted by Crippen LogP contribution is 2.65. The van der Waals surface area contributed by atoms with E-state index >= 15 is 0 Å². The molecule has 0 aliphatic heterocycles. The van der Waals surface area contributed by atoms with Crippen LogP contribution in [0.5, 0.6) is 0 Å². The van der Waals surface area contributed by atoms with Crippen molar-refractivity contribution in [1.82, 2.24) is 0 Å². The number of hydrogen-bond acceptors (Lipinski definition) is 0. The first-order chi connectivity index (χ1) is 5.46. The first kappa shape index (κ1) is 10.5. The summed E-state index contributed by atoms with van der Waals surface area (Å²) in [7, 11) is 0. The van der Waals surface area contributed by atoms with Crippen molar-refractivity contribution in [3.8, 4) is 0 Å². The highest BCUT2D eigenvalue weighted by molar-refractivity contribution is 5.18. The summed E-state index contributed by atoms with van der Waals surface area (Å²) in [5, 5.41) is 0. The quantitative estimate of drug-likeness (QED) is 0.544. The van der Waals surface area contributed by atoms with Crippen molar-refractivity contribution in [3.63, 3.8) is 0 Å². The first-order valence-corrected chi connectivity index (χ1v) is 2.97. The van der Waals surface area contributed by atoms with Crippen LogP contribution in [-0.2, 0) is 0 Å². The van der Waals surface area contributed by atoms with Crippen molar-refractivity contribution in [2.45, 2.75) is 30.1 Å². The Morgan fingerprint density at radius 1 is 0.846 bits per heavy atom. The van der Waals surface area contributed by atoms with Crippen molar-refractivity contribution in [2.24, 2.45) is 0 Å². The molecule has 1 saturated carbocycles. The fraction of sp³-hybridized carbons (Fsp3) is 1.00. The standard InChI is InChI=1S/C5H2F8/c6-2(5(11,12)13)1-3(7,8)4(2,9)10/h1H2. The van der Waals surface area contributed by atoms with Gasteiger partial charge in [-0.25, -0.2) is 4.39 Å². The summed E-state index contributed by atoms with van der Waals surface area (Å²) in [6.07, 6.45) is -8.49. The van der Waals surface area contributed by atoms with Gasteiger partial charge in [-0.2, -0.15) is 30.7 Å². The summed E-state index contributed by atoms with van der Waals surface area (Å²) >= 11 is 0. The van der Waals surface area contributed by atoms with Crippen molar-refractivity contribution in [3.05, 3.63) is 0 Å². The lowest BCUT2D eigenvalue weighted by Gasteiger charge is -2.48. The van der Waals surface area contributed by atoms with Crippen LogP contribution in [0.15, 0.2) is 0 Å². The minimum absolute atomic E-state index is 2.52. The van der Waals surface area contributed by atoms with Gasteiger partial charge in [0, 0.05) is 0 Å². The highest BCUT2D eigenvalue weighted by Gasteiger charge is 2.90. The monoisotopic (exact) mass is 214 g/mol. The van der Waals surface area contributed by atoms with Crippen LogP contribution < -0.4 is 0 Å². The summed E-state index contributed by atoms with van der Waals surface area (Å²) in [6.45, 7) is 0. The van der Waals surface area contributed by atoms with Gasteiger partial charge in [0.25, 0.3) is 5.67 Å². The van der Waals surface area contributed by atoms with E-state index in [2.05, 4.69) is 0 Å². The van der Waals surface area contributed by atoms with Gasteiger partial charge in [-0.3, -0.25) is 0 Å². The van der Waals surface area contributed by atoms with E-state index in [1.54, 1.807) is 0 Å². The Morgan fingerprint density at radius 3 is 1.31 bits per heavy atom. The van der Waals surface area contributed by atoms with Crippen LogP contribution >= 0.6 is 0 Å². The molecule has 1 atom stereocenters. The van der Waals surface area contributed by atoms with Crippen LogP contribution in [0.25, 0.3) is 0 Å². The Kier molecular flexibility index (Phi) is 1.69. The third-order valence-corrected chi connectivity index (χ3v) is 1.87. The Hall–Kier alpha value is -0.560. The first-order valence-electron chi connectivity index (χ1n) is 2.97. The Bertz CT molecular complexity index is 227. The Morgan fingerprint density at radius 2 is 1.23 bits per heavy atom. The molecule has 0 N–H and O–H groups in total. The summed E-state index contributed by atoms with van der Waals surface area (Å²) in [5.74, 6) is -10.6. The molecule has 0 radical (unpaired) electrons. The number of alkyl halides is 8. The van der Waals surface area contributed by atoms with E-state index in [4.69, 9.17) is 0 Å². The molecule has 78 valence electrons. The molecule has 1 fully saturated rings. The van der Waals surface area contributed by atoms with Gasteiger partial charge in [-0.15, -0.1) is 0 Å². The van der Waals surface area contributed by atoms with Gasteiger partial charge in [0.15, 0.2) is 0 Å². The van der Waals surface area contributed by atoms with Gasteiger partial charge in [-0.1, -0.05) is 0 Å². The van der Waals surface area contributed by atoms with Crippen molar-refractivity contribution >= 4 is 0 Å². The van der Waals surface area contributed by atoms with Gasteiger partial charge >= 0.3 is 18.0 Å². The molecule has 0 nitrogen and oxygen atoms in total. The fourth-order valence-electron chi connectivity index (χ4n) is 0.989. The maximum absolute atomic E-state index is 12.3. The molecule has 0 aromatic rings. The lowest BCUT2D eigenvalue weighted by Crippen LogP contribution is -2.74.